The number of rotatable bonds is 5. The fourth-order valence-electron chi connectivity index (χ4n) is 3.96. The smallest absolute Gasteiger partial charge is 0.222 e. The van der Waals surface area contributed by atoms with E-state index in [-0.39, 0.29) is 30.7 Å². The highest BCUT2D eigenvalue weighted by Crippen LogP contribution is 2.32. The lowest BCUT2D eigenvalue weighted by Gasteiger charge is -2.17. The number of carbonyl (C=O) groups excluding carboxylic acids is 1. The summed E-state index contributed by atoms with van der Waals surface area (Å²) in [5, 5.41) is 4.44. The molecule has 1 aromatic carbocycles. The van der Waals surface area contributed by atoms with E-state index in [0.29, 0.717) is 24.8 Å². The minimum atomic E-state index is 0. The molecule has 1 aliphatic rings. The predicted octanol–water partition coefficient (Wildman–Crippen LogP) is 3.01. The first kappa shape index (κ1) is 23.5. The minimum absolute atomic E-state index is 0. The molecule has 1 fully saturated rings. The second kappa shape index (κ2) is 10.1. The van der Waals surface area contributed by atoms with Crippen LogP contribution < -0.4 is 5.73 Å². The third kappa shape index (κ3) is 5.03. The van der Waals surface area contributed by atoms with Crippen molar-refractivity contribution in [2.75, 3.05) is 19.6 Å². The number of benzene rings is 1. The number of amides is 1. The number of aryl methyl sites for hydroxylation is 2. The Labute approximate surface area is 174 Å². The number of hydrogen-bond acceptors (Lipinski definition) is 3. The van der Waals surface area contributed by atoms with Crippen molar-refractivity contribution in [2.24, 2.45) is 18.7 Å². The summed E-state index contributed by atoms with van der Waals surface area (Å²) in [6.07, 6.45) is 1.29. The maximum Gasteiger partial charge on any atom is 0.222 e. The minimum Gasteiger partial charge on any atom is -0.342 e. The van der Waals surface area contributed by atoms with E-state index in [2.05, 4.69) is 36.3 Å². The first-order valence-corrected chi connectivity index (χ1v) is 9.03. The van der Waals surface area contributed by atoms with Gasteiger partial charge in [0.2, 0.25) is 5.91 Å². The molecule has 0 spiro atoms. The summed E-state index contributed by atoms with van der Waals surface area (Å²) in [5.41, 5.74) is 10.6. The van der Waals surface area contributed by atoms with Crippen molar-refractivity contribution >= 4 is 30.7 Å². The van der Waals surface area contributed by atoms with Gasteiger partial charge in [0.1, 0.15) is 0 Å². The van der Waals surface area contributed by atoms with Crippen LogP contribution in [0.4, 0.5) is 0 Å². The van der Waals surface area contributed by atoms with Crippen molar-refractivity contribution in [1.82, 2.24) is 14.7 Å². The first-order valence-electron chi connectivity index (χ1n) is 9.03. The normalized spacial score (nSPS) is 18.7. The summed E-state index contributed by atoms with van der Waals surface area (Å²) in [6.45, 7) is 6.23. The van der Waals surface area contributed by atoms with Gasteiger partial charge in [0.15, 0.2) is 0 Å². The molecule has 1 amide bonds. The highest BCUT2D eigenvalue weighted by atomic mass is 35.5. The molecule has 1 aliphatic heterocycles. The van der Waals surface area contributed by atoms with E-state index in [1.807, 2.05) is 29.6 Å². The molecule has 2 atom stereocenters. The number of nitrogens with zero attached hydrogens (tertiary/aromatic N) is 3. The van der Waals surface area contributed by atoms with Gasteiger partial charge in [0.25, 0.3) is 0 Å². The molecule has 1 aromatic heterocycles. The Morgan fingerprint density at radius 3 is 2.41 bits per heavy atom. The molecule has 0 radical (unpaired) electrons. The third-order valence-electron chi connectivity index (χ3n) is 5.57. The van der Waals surface area contributed by atoms with Crippen LogP contribution in [-0.2, 0) is 18.3 Å². The Hall–Kier alpha value is -1.56. The van der Waals surface area contributed by atoms with E-state index in [1.54, 1.807) is 0 Å². The fraction of sp³-hybridized carbons (Fsp3) is 0.500. The van der Waals surface area contributed by atoms with Crippen LogP contribution in [0, 0.1) is 19.8 Å². The molecule has 1 saturated heterocycles. The quantitative estimate of drug-likeness (QED) is 0.820. The summed E-state index contributed by atoms with van der Waals surface area (Å²) >= 11 is 0. The Bertz CT molecular complexity index is 748. The lowest BCUT2D eigenvalue weighted by molar-refractivity contribution is -0.130. The van der Waals surface area contributed by atoms with Gasteiger partial charge in [-0.25, -0.2) is 0 Å². The molecule has 7 heteroatoms. The van der Waals surface area contributed by atoms with Crippen molar-refractivity contribution in [2.45, 2.75) is 32.6 Å². The molecule has 2 aromatic rings. The molecule has 2 N–H and O–H groups in total. The van der Waals surface area contributed by atoms with E-state index in [4.69, 9.17) is 5.73 Å². The zero-order valence-electron chi connectivity index (χ0n) is 16.2. The van der Waals surface area contributed by atoms with E-state index in [1.165, 1.54) is 11.1 Å². The number of likely N-dealkylation sites (tertiary alicyclic amines) is 1. The Morgan fingerprint density at radius 2 is 1.85 bits per heavy atom. The van der Waals surface area contributed by atoms with Gasteiger partial charge in [-0.2, -0.15) is 5.10 Å². The third-order valence-corrected chi connectivity index (χ3v) is 5.57. The van der Waals surface area contributed by atoms with Crippen LogP contribution in [0.2, 0.25) is 0 Å². The largest absolute Gasteiger partial charge is 0.342 e. The summed E-state index contributed by atoms with van der Waals surface area (Å²) in [4.78, 5) is 14.7. The number of hydrogen-bond donors (Lipinski definition) is 1. The highest BCUT2D eigenvalue weighted by molar-refractivity contribution is 5.85. The second-order valence-corrected chi connectivity index (χ2v) is 7.08. The fourth-order valence-corrected chi connectivity index (χ4v) is 3.96. The molecule has 27 heavy (non-hydrogen) atoms. The van der Waals surface area contributed by atoms with Crippen LogP contribution >= 0.6 is 24.8 Å². The van der Waals surface area contributed by atoms with Gasteiger partial charge in [-0.1, -0.05) is 30.3 Å². The van der Waals surface area contributed by atoms with E-state index in [0.717, 1.165) is 30.9 Å². The van der Waals surface area contributed by atoms with E-state index >= 15 is 0 Å². The summed E-state index contributed by atoms with van der Waals surface area (Å²) in [5.74, 6) is 0.907. The Morgan fingerprint density at radius 1 is 1.19 bits per heavy atom. The maximum absolute atomic E-state index is 12.7. The van der Waals surface area contributed by atoms with Crippen molar-refractivity contribution in [3.05, 3.63) is 52.8 Å². The summed E-state index contributed by atoms with van der Waals surface area (Å²) in [6, 6.07) is 10.4. The molecule has 0 saturated carbocycles. The number of carbonyl (C=O) groups is 1. The lowest BCUT2D eigenvalue weighted by atomic mass is 9.89. The van der Waals surface area contributed by atoms with Crippen molar-refractivity contribution in [1.29, 1.82) is 0 Å². The van der Waals surface area contributed by atoms with Crippen LogP contribution in [0.25, 0.3) is 0 Å². The molecular weight excluding hydrogens is 383 g/mol. The standard InChI is InChI=1S/C20H28N4O.2ClH/c1-14-18(15(2)23(3)22-14)9-10-20(25)24-12-17(11-21)19(13-24)16-7-5-4-6-8-16;;/h4-8,17,19H,9-13,21H2,1-3H3;2*1H/t17-,19+;;/m1../s1. The maximum atomic E-state index is 12.7. The summed E-state index contributed by atoms with van der Waals surface area (Å²) in [7, 11) is 1.95. The lowest BCUT2D eigenvalue weighted by Crippen LogP contribution is -2.30. The predicted molar refractivity (Wildman–Crippen MR) is 114 cm³/mol. The second-order valence-electron chi connectivity index (χ2n) is 7.08. The van der Waals surface area contributed by atoms with Crippen LogP contribution in [-0.4, -0.2) is 40.2 Å². The van der Waals surface area contributed by atoms with Gasteiger partial charge < -0.3 is 10.6 Å². The van der Waals surface area contributed by atoms with E-state index in [9.17, 15) is 4.79 Å². The summed E-state index contributed by atoms with van der Waals surface area (Å²) < 4.78 is 1.89. The zero-order chi connectivity index (χ0) is 18.0. The number of aromatic nitrogens is 2. The molecule has 2 heterocycles. The van der Waals surface area contributed by atoms with Gasteiger partial charge in [0, 0.05) is 38.2 Å². The van der Waals surface area contributed by atoms with Crippen LogP contribution in [0.15, 0.2) is 30.3 Å². The SMILES string of the molecule is Cc1nn(C)c(C)c1CCC(=O)N1C[C@@H](CN)[C@H](c2ccccc2)C1.Cl.Cl. The Balaban J connectivity index is 0.00000182. The average molecular weight is 413 g/mol. The van der Waals surface area contributed by atoms with Crippen LogP contribution in [0.5, 0.6) is 0 Å². The molecule has 3 rings (SSSR count). The topological polar surface area (TPSA) is 64.2 Å². The van der Waals surface area contributed by atoms with Gasteiger partial charge in [-0.15, -0.1) is 24.8 Å². The molecule has 0 aliphatic carbocycles. The highest BCUT2D eigenvalue weighted by Gasteiger charge is 2.35. The molecule has 0 bridgehead atoms. The molecule has 0 unspecified atom stereocenters. The van der Waals surface area contributed by atoms with Gasteiger partial charge in [0.05, 0.1) is 5.69 Å². The van der Waals surface area contributed by atoms with Gasteiger partial charge in [-0.05, 0) is 43.9 Å². The van der Waals surface area contributed by atoms with Crippen molar-refractivity contribution in [3.63, 3.8) is 0 Å². The Kier molecular flexibility index (Phi) is 8.79. The van der Waals surface area contributed by atoms with Gasteiger partial charge >= 0.3 is 0 Å². The van der Waals surface area contributed by atoms with Crippen LogP contribution in [0.3, 0.4) is 0 Å². The van der Waals surface area contributed by atoms with Crippen molar-refractivity contribution in [3.8, 4) is 0 Å². The number of halogens is 2. The van der Waals surface area contributed by atoms with Gasteiger partial charge in [-0.3, -0.25) is 9.48 Å². The molecule has 150 valence electrons. The van der Waals surface area contributed by atoms with Crippen molar-refractivity contribution < 1.29 is 4.79 Å². The monoisotopic (exact) mass is 412 g/mol. The zero-order valence-corrected chi connectivity index (χ0v) is 17.9. The number of nitrogens with two attached hydrogens (primary N) is 1. The van der Waals surface area contributed by atoms with E-state index < -0.39 is 0 Å². The molecule has 5 nitrogen and oxygen atoms in total. The average Bonchev–Trinajstić information content (AvgIpc) is 3.16. The van der Waals surface area contributed by atoms with Crippen LogP contribution in [0.1, 0.15) is 34.9 Å². The first-order chi connectivity index (χ1) is 12.0. The molecular formula is C20H30Cl2N4O.